The molecule has 0 saturated carbocycles. The first-order chi connectivity index (χ1) is 38.5. The van der Waals surface area contributed by atoms with Crippen molar-refractivity contribution in [3.05, 3.63) is 24.3 Å². The summed E-state index contributed by atoms with van der Waals surface area (Å²) in [5.41, 5.74) is 0. The molecule has 4 unspecified atom stereocenters. The van der Waals surface area contributed by atoms with Crippen LogP contribution in [0.15, 0.2) is 24.3 Å². The molecular weight excluding hydrogens is 959 g/mol. The Morgan fingerprint density at radius 2 is 0.538 bits per heavy atom. The Hall–Kier alpha value is -1.21. The molecule has 6 heteroatoms. The van der Waals surface area contributed by atoms with E-state index >= 15 is 0 Å². The maximum atomic E-state index is 12.7. The van der Waals surface area contributed by atoms with Crippen molar-refractivity contribution < 1.29 is 25.2 Å². The van der Waals surface area contributed by atoms with Crippen LogP contribution >= 0.6 is 0 Å². The molecule has 6 nitrogen and oxygen atoms in total. The van der Waals surface area contributed by atoms with E-state index in [4.69, 9.17) is 0 Å². The molecule has 0 rings (SSSR count). The third-order valence-corrected chi connectivity index (χ3v) is 17.1. The summed E-state index contributed by atoms with van der Waals surface area (Å²) >= 11 is 0. The summed E-state index contributed by atoms with van der Waals surface area (Å²) in [5, 5.41) is 44.2. The second-order valence-corrected chi connectivity index (χ2v) is 24.9. The highest BCUT2D eigenvalue weighted by Crippen LogP contribution is 2.20. The summed E-state index contributed by atoms with van der Waals surface area (Å²) in [6, 6.07) is -1.01. The lowest BCUT2D eigenvalue weighted by Gasteiger charge is -2.27. The fraction of sp³-hybridized carbons (Fsp3) is 0.931. The van der Waals surface area contributed by atoms with Crippen molar-refractivity contribution in [2.24, 2.45) is 0 Å². The quantitative estimate of drug-likeness (QED) is 0.0308. The molecule has 0 aliphatic carbocycles. The zero-order valence-corrected chi connectivity index (χ0v) is 52.9. The van der Waals surface area contributed by atoms with E-state index in [0.717, 1.165) is 38.5 Å². The fourth-order valence-corrected chi connectivity index (χ4v) is 11.6. The monoisotopic (exact) mass is 1100 g/mol. The maximum absolute atomic E-state index is 12.7. The van der Waals surface area contributed by atoms with E-state index in [1.54, 1.807) is 0 Å². The van der Waals surface area contributed by atoms with Crippen molar-refractivity contribution in [3.8, 4) is 0 Å². The Bertz CT molecular complexity index is 1190. The third kappa shape index (κ3) is 59.4. The molecule has 464 valence electrons. The van der Waals surface area contributed by atoms with Gasteiger partial charge in [0.05, 0.1) is 18.8 Å². The fourth-order valence-electron chi connectivity index (χ4n) is 11.6. The minimum absolute atomic E-state index is 0.365. The molecule has 0 aliphatic rings. The molecule has 1 amide bonds. The Morgan fingerprint density at radius 3 is 0.808 bits per heavy atom. The number of carbonyl (C=O) groups excluding carboxylic acids is 1. The van der Waals surface area contributed by atoms with Gasteiger partial charge in [0, 0.05) is 0 Å². The molecule has 0 radical (unpaired) electrons. The van der Waals surface area contributed by atoms with Crippen LogP contribution in [0.1, 0.15) is 399 Å². The highest BCUT2D eigenvalue weighted by atomic mass is 16.3. The highest BCUT2D eigenvalue weighted by molar-refractivity contribution is 5.80. The van der Waals surface area contributed by atoms with Gasteiger partial charge in [-0.1, -0.05) is 372 Å². The number of hydrogen-bond acceptors (Lipinski definition) is 5. The predicted octanol–water partition coefficient (Wildman–Crippen LogP) is 22.1. The SMILES string of the molecule is CCCCCCCCCCCCCCCCCCCCCCCCC/C=C/CC/C=C/CCCC(O)C(O)C(CO)NC(=O)C(O)CCCCCCCCCCCCCCCCCCCCCCCCCCCCCCCC. The zero-order valence-electron chi connectivity index (χ0n) is 52.9. The van der Waals surface area contributed by atoms with Gasteiger partial charge in [-0.2, -0.15) is 0 Å². The van der Waals surface area contributed by atoms with Crippen LogP contribution < -0.4 is 5.32 Å². The lowest BCUT2D eigenvalue weighted by molar-refractivity contribution is -0.132. The van der Waals surface area contributed by atoms with E-state index < -0.39 is 36.9 Å². The zero-order chi connectivity index (χ0) is 56.6. The number of nitrogens with one attached hydrogen (secondary N) is 1. The molecule has 0 fully saturated rings. The molecule has 0 aliphatic heterocycles. The van der Waals surface area contributed by atoms with Gasteiger partial charge >= 0.3 is 0 Å². The highest BCUT2D eigenvalue weighted by Gasteiger charge is 2.28. The molecule has 78 heavy (non-hydrogen) atoms. The van der Waals surface area contributed by atoms with Gasteiger partial charge < -0.3 is 25.7 Å². The number of allylic oxidation sites excluding steroid dienone is 4. The van der Waals surface area contributed by atoms with E-state index in [1.807, 2.05) is 0 Å². The van der Waals surface area contributed by atoms with E-state index in [0.29, 0.717) is 19.3 Å². The smallest absolute Gasteiger partial charge is 0.249 e. The van der Waals surface area contributed by atoms with Gasteiger partial charge in [0.15, 0.2) is 0 Å². The Labute approximate surface area is 488 Å². The molecule has 0 aromatic rings. The topological polar surface area (TPSA) is 110 Å². The van der Waals surface area contributed by atoms with Crippen LogP contribution in [-0.4, -0.2) is 57.3 Å². The van der Waals surface area contributed by atoms with Crippen LogP contribution in [-0.2, 0) is 4.79 Å². The van der Waals surface area contributed by atoms with Crippen LogP contribution in [0.25, 0.3) is 0 Å². The van der Waals surface area contributed by atoms with Gasteiger partial charge in [0.1, 0.15) is 12.2 Å². The van der Waals surface area contributed by atoms with Crippen LogP contribution in [0.2, 0.25) is 0 Å². The van der Waals surface area contributed by atoms with Gasteiger partial charge in [0.25, 0.3) is 0 Å². The summed E-state index contributed by atoms with van der Waals surface area (Å²) in [6.07, 6.45) is 84.6. The van der Waals surface area contributed by atoms with Crippen molar-refractivity contribution in [3.63, 3.8) is 0 Å². The normalized spacial score (nSPS) is 13.6. The second kappa shape index (κ2) is 66.6. The largest absolute Gasteiger partial charge is 0.394 e. The van der Waals surface area contributed by atoms with Crippen LogP contribution in [0, 0.1) is 0 Å². The van der Waals surface area contributed by atoms with Gasteiger partial charge in [-0.05, 0) is 51.4 Å². The molecule has 0 bridgehead atoms. The van der Waals surface area contributed by atoms with E-state index in [2.05, 4.69) is 43.5 Å². The number of unbranched alkanes of at least 4 members (excludes halogenated alkanes) is 54. The van der Waals surface area contributed by atoms with E-state index in [-0.39, 0.29) is 0 Å². The second-order valence-electron chi connectivity index (χ2n) is 24.9. The van der Waals surface area contributed by atoms with Crippen molar-refractivity contribution in [2.45, 2.75) is 423 Å². The standard InChI is InChI=1S/C72H141NO5/c1-3-5-7-9-11-13-15-17-19-21-23-25-27-29-31-33-35-36-38-39-41-43-45-47-49-51-53-55-57-59-61-63-65-69(75)71(77)68(67-74)73-72(78)70(76)66-64-62-60-58-56-54-52-50-48-46-44-42-40-37-34-32-30-28-26-24-22-20-18-16-14-12-10-8-6-4-2/h49,51,57,59,68-71,74-77H,3-48,50,52-56,58,60-67H2,1-2H3,(H,73,78)/b51-49+,59-57+. The van der Waals surface area contributed by atoms with Crippen molar-refractivity contribution in [1.82, 2.24) is 5.32 Å². The van der Waals surface area contributed by atoms with Crippen molar-refractivity contribution in [2.75, 3.05) is 6.61 Å². The number of carbonyl (C=O) groups is 1. The number of aliphatic hydroxyl groups is 4. The van der Waals surface area contributed by atoms with Gasteiger partial charge in [-0.3, -0.25) is 4.79 Å². The Kier molecular flexibility index (Phi) is 65.6. The first-order valence-corrected chi connectivity index (χ1v) is 35.7. The summed E-state index contributed by atoms with van der Waals surface area (Å²) in [4.78, 5) is 12.7. The molecule has 4 atom stereocenters. The molecular formula is C72H141NO5. The number of hydrogen-bond donors (Lipinski definition) is 5. The average Bonchev–Trinajstić information content (AvgIpc) is 3.45. The van der Waals surface area contributed by atoms with E-state index in [9.17, 15) is 25.2 Å². The van der Waals surface area contributed by atoms with Crippen LogP contribution in [0.5, 0.6) is 0 Å². The molecule has 0 aromatic carbocycles. The number of rotatable bonds is 67. The number of amides is 1. The molecule has 0 heterocycles. The minimum atomic E-state index is -1.29. The molecule has 5 N–H and O–H groups in total. The number of aliphatic hydroxyl groups excluding tert-OH is 4. The summed E-state index contributed by atoms with van der Waals surface area (Å²) in [7, 11) is 0. The first kappa shape index (κ1) is 76.8. The average molecular weight is 1100 g/mol. The molecule has 0 saturated heterocycles. The summed E-state index contributed by atoms with van der Waals surface area (Å²) in [5.74, 6) is -0.589. The van der Waals surface area contributed by atoms with Crippen molar-refractivity contribution in [1.29, 1.82) is 0 Å². The predicted molar refractivity (Wildman–Crippen MR) is 344 cm³/mol. The maximum Gasteiger partial charge on any atom is 0.249 e. The summed E-state index contributed by atoms with van der Waals surface area (Å²) in [6.45, 7) is 4.10. The third-order valence-electron chi connectivity index (χ3n) is 17.1. The minimum Gasteiger partial charge on any atom is -0.394 e. The van der Waals surface area contributed by atoms with Gasteiger partial charge in [-0.25, -0.2) is 0 Å². The van der Waals surface area contributed by atoms with Gasteiger partial charge in [0.2, 0.25) is 5.91 Å². The molecule has 0 spiro atoms. The first-order valence-electron chi connectivity index (χ1n) is 35.7. The Morgan fingerprint density at radius 1 is 0.308 bits per heavy atom. The Balaban J connectivity index is 3.57. The van der Waals surface area contributed by atoms with E-state index in [1.165, 1.54) is 327 Å². The van der Waals surface area contributed by atoms with Crippen LogP contribution in [0.4, 0.5) is 0 Å². The lowest BCUT2D eigenvalue weighted by Crippen LogP contribution is -2.53. The van der Waals surface area contributed by atoms with Crippen molar-refractivity contribution >= 4 is 5.91 Å². The van der Waals surface area contributed by atoms with Gasteiger partial charge in [-0.15, -0.1) is 0 Å². The lowest BCUT2D eigenvalue weighted by atomic mass is 10.00. The summed E-state index contributed by atoms with van der Waals surface area (Å²) < 4.78 is 0. The molecule has 0 aromatic heterocycles. The van der Waals surface area contributed by atoms with Crippen LogP contribution in [0.3, 0.4) is 0 Å².